The molecular weight excluding hydrogens is 200 g/mol. The Hall–Kier alpha value is -1.45. The molecule has 0 unspecified atom stereocenters. The van der Waals surface area contributed by atoms with Gasteiger partial charge in [-0.2, -0.15) is 0 Å². The second kappa shape index (κ2) is 4.38. The third kappa shape index (κ3) is 3.65. The number of anilines is 1. The maximum absolute atomic E-state index is 12.6. The molecule has 1 N–H and O–H groups in total. The van der Waals surface area contributed by atoms with Crippen molar-refractivity contribution >= 4 is 11.5 Å². The number of halogens is 2. The van der Waals surface area contributed by atoms with Crippen molar-refractivity contribution in [2.45, 2.75) is 19.8 Å². The Morgan fingerprint density at radius 1 is 1.40 bits per heavy atom. The lowest BCUT2D eigenvalue weighted by atomic mass is 10.1. The van der Waals surface area contributed by atoms with E-state index in [1.165, 1.54) is 6.92 Å². The number of nitrogens with one attached hydrogen (secondary N) is 1. The molecule has 0 fully saturated rings. The number of alkyl halides is 2. The predicted molar refractivity (Wildman–Crippen MR) is 55.6 cm³/mol. The van der Waals surface area contributed by atoms with Gasteiger partial charge >= 0.3 is 0 Å². The van der Waals surface area contributed by atoms with Crippen LogP contribution in [-0.2, 0) is 0 Å². The molecule has 0 amide bonds. The first-order chi connectivity index (χ1) is 6.90. The monoisotopic (exact) mass is 213 g/mol. The SMILES string of the molecule is CC(=O)c1ccccc1NCC(C)(F)F. The molecule has 2 nitrogen and oxygen atoms in total. The minimum absolute atomic E-state index is 0.141. The molecule has 1 aromatic carbocycles. The molecule has 0 heterocycles. The summed E-state index contributed by atoms with van der Waals surface area (Å²) in [5.41, 5.74) is 0.883. The first-order valence-corrected chi connectivity index (χ1v) is 4.62. The van der Waals surface area contributed by atoms with Crippen LogP contribution < -0.4 is 5.32 Å². The van der Waals surface area contributed by atoms with E-state index in [-0.39, 0.29) is 5.78 Å². The molecule has 1 rings (SSSR count). The number of benzene rings is 1. The minimum atomic E-state index is -2.79. The number of hydrogen-bond donors (Lipinski definition) is 1. The summed E-state index contributed by atoms with van der Waals surface area (Å²) in [6.45, 7) is 1.76. The van der Waals surface area contributed by atoms with Gasteiger partial charge < -0.3 is 5.32 Å². The highest BCUT2D eigenvalue weighted by atomic mass is 19.3. The molecular formula is C11H13F2NO. The van der Waals surface area contributed by atoms with Gasteiger partial charge in [-0.05, 0) is 19.1 Å². The summed E-state index contributed by atoms with van der Waals surface area (Å²) in [5, 5.41) is 2.56. The van der Waals surface area contributed by atoms with Gasteiger partial charge in [-0.15, -0.1) is 0 Å². The van der Waals surface area contributed by atoms with Crippen molar-refractivity contribution in [3.8, 4) is 0 Å². The van der Waals surface area contributed by atoms with Crippen LogP contribution in [0.4, 0.5) is 14.5 Å². The summed E-state index contributed by atoms with van der Waals surface area (Å²) in [7, 11) is 0. The zero-order valence-corrected chi connectivity index (χ0v) is 8.68. The summed E-state index contributed by atoms with van der Waals surface area (Å²) in [6, 6.07) is 6.62. The largest absolute Gasteiger partial charge is 0.378 e. The highest BCUT2D eigenvalue weighted by Gasteiger charge is 2.21. The van der Waals surface area contributed by atoms with E-state index in [9.17, 15) is 13.6 Å². The third-order valence-corrected chi connectivity index (χ3v) is 1.90. The Balaban J connectivity index is 2.81. The highest BCUT2D eigenvalue weighted by molar-refractivity contribution is 5.99. The Morgan fingerprint density at radius 3 is 2.53 bits per heavy atom. The summed E-state index contributed by atoms with van der Waals surface area (Å²) in [5.74, 6) is -2.93. The molecule has 0 saturated heterocycles. The summed E-state index contributed by atoms with van der Waals surface area (Å²) in [4.78, 5) is 11.2. The van der Waals surface area contributed by atoms with Crippen LogP contribution in [0.15, 0.2) is 24.3 Å². The van der Waals surface area contributed by atoms with Crippen LogP contribution in [0.3, 0.4) is 0 Å². The standard InChI is InChI=1S/C11H13F2NO/c1-8(15)9-5-3-4-6-10(9)14-7-11(2,12)13/h3-6,14H,7H2,1-2H3. The molecule has 0 aliphatic rings. The lowest BCUT2D eigenvalue weighted by Gasteiger charge is -2.14. The smallest absolute Gasteiger partial charge is 0.262 e. The van der Waals surface area contributed by atoms with Gasteiger partial charge in [-0.1, -0.05) is 12.1 Å². The van der Waals surface area contributed by atoms with E-state index in [4.69, 9.17) is 0 Å². The van der Waals surface area contributed by atoms with Crippen molar-refractivity contribution < 1.29 is 13.6 Å². The maximum Gasteiger partial charge on any atom is 0.262 e. The van der Waals surface area contributed by atoms with E-state index in [2.05, 4.69) is 5.32 Å². The van der Waals surface area contributed by atoms with E-state index in [1.807, 2.05) is 0 Å². The Kier molecular flexibility index (Phi) is 3.39. The number of hydrogen-bond acceptors (Lipinski definition) is 2. The van der Waals surface area contributed by atoms with Crippen LogP contribution in [0.2, 0.25) is 0 Å². The number of ketones is 1. The molecule has 82 valence electrons. The van der Waals surface area contributed by atoms with Crippen LogP contribution >= 0.6 is 0 Å². The van der Waals surface area contributed by atoms with Crippen molar-refractivity contribution in [2.75, 3.05) is 11.9 Å². The first-order valence-electron chi connectivity index (χ1n) is 4.62. The molecule has 1 aromatic rings. The molecule has 0 aromatic heterocycles. The van der Waals surface area contributed by atoms with Gasteiger partial charge in [-0.3, -0.25) is 4.79 Å². The highest BCUT2D eigenvalue weighted by Crippen LogP contribution is 2.18. The van der Waals surface area contributed by atoms with E-state index < -0.39 is 12.5 Å². The molecule has 15 heavy (non-hydrogen) atoms. The van der Waals surface area contributed by atoms with Crippen molar-refractivity contribution in [2.24, 2.45) is 0 Å². The van der Waals surface area contributed by atoms with E-state index in [1.54, 1.807) is 24.3 Å². The van der Waals surface area contributed by atoms with Gasteiger partial charge in [0.2, 0.25) is 0 Å². The van der Waals surface area contributed by atoms with Gasteiger partial charge in [0, 0.05) is 18.2 Å². The molecule has 0 bridgehead atoms. The fraction of sp³-hybridized carbons (Fsp3) is 0.364. The molecule has 0 radical (unpaired) electrons. The van der Waals surface area contributed by atoms with Crippen LogP contribution in [0.25, 0.3) is 0 Å². The van der Waals surface area contributed by atoms with Gasteiger partial charge in [0.05, 0.1) is 6.54 Å². The normalized spacial score (nSPS) is 11.2. The lowest BCUT2D eigenvalue weighted by Crippen LogP contribution is -2.23. The molecule has 0 aliphatic carbocycles. The first kappa shape index (κ1) is 11.6. The zero-order chi connectivity index (χ0) is 11.5. The number of rotatable bonds is 4. The fourth-order valence-corrected chi connectivity index (χ4v) is 1.19. The second-order valence-electron chi connectivity index (χ2n) is 3.53. The van der Waals surface area contributed by atoms with Crippen molar-refractivity contribution in [1.29, 1.82) is 0 Å². The Bertz CT molecular complexity index is 358. The van der Waals surface area contributed by atoms with Gasteiger partial charge in [0.1, 0.15) is 0 Å². The molecule has 0 spiro atoms. The fourth-order valence-electron chi connectivity index (χ4n) is 1.19. The van der Waals surface area contributed by atoms with Crippen molar-refractivity contribution in [3.63, 3.8) is 0 Å². The number of carbonyl (C=O) groups is 1. The Labute approximate surface area is 87.3 Å². The number of carbonyl (C=O) groups excluding carboxylic acids is 1. The van der Waals surface area contributed by atoms with E-state index in [0.29, 0.717) is 11.3 Å². The Morgan fingerprint density at radius 2 is 2.00 bits per heavy atom. The van der Waals surface area contributed by atoms with Crippen molar-refractivity contribution in [3.05, 3.63) is 29.8 Å². The topological polar surface area (TPSA) is 29.1 Å². The maximum atomic E-state index is 12.6. The number of Topliss-reactive ketones (excluding diaryl/α,β-unsaturated/α-hetero) is 1. The third-order valence-electron chi connectivity index (χ3n) is 1.90. The van der Waals surface area contributed by atoms with Crippen LogP contribution in [-0.4, -0.2) is 18.3 Å². The average Bonchev–Trinajstić information content (AvgIpc) is 2.14. The van der Waals surface area contributed by atoms with Gasteiger partial charge in [-0.25, -0.2) is 8.78 Å². The molecule has 0 saturated carbocycles. The quantitative estimate of drug-likeness (QED) is 0.779. The van der Waals surface area contributed by atoms with E-state index >= 15 is 0 Å². The molecule has 0 aliphatic heterocycles. The van der Waals surface area contributed by atoms with Crippen LogP contribution in [0.1, 0.15) is 24.2 Å². The minimum Gasteiger partial charge on any atom is -0.378 e. The average molecular weight is 213 g/mol. The van der Waals surface area contributed by atoms with Crippen LogP contribution in [0.5, 0.6) is 0 Å². The zero-order valence-electron chi connectivity index (χ0n) is 8.68. The van der Waals surface area contributed by atoms with Crippen LogP contribution in [0, 0.1) is 0 Å². The molecule has 0 atom stereocenters. The number of para-hydroxylation sites is 1. The van der Waals surface area contributed by atoms with Crippen molar-refractivity contribution in [1.82, 2.24) is 0 Å². The summed E-state index contributed by atoms with van der Waals surface area (Å²) >= 11 is 0. The predicted octanol–water partition coefficient (Wildman–Crippen LogP) is 2.96. The van der Waals surface area contributed by atoms with E-state index in [0.717, 1.165) is 6.92 Å². The summed E-state index contributed by atoms with van der Waals surface area (Å²) < 4.78 is 25.2. The summed E-state index contributed by atoms with van der Waals surface area (Å²) in [6.07, 6.45) is 0. The van der Waals surface area contributed by atoms with Gasteiger partial charge in [0.15, 0.2) is 5.78 Å². The van der Waals surface area contributed by atoms with Gasteiger partial charge in [0.25, 0.3) is 5.92 Å². The molecule has 4 heteroatoms. The lowest BCUT2D eigenvalue weighted by molar-refractivity contribution is 0.0367. The second-order valence-corrected chi connectivity index (χ2v) is 3.53.